The summed E-state index contributed by atoms with van der Waals surface area (Å²) >= 11 is 0. The number of carboxylic acid groups (broad SMARTS) is 1. The van der Waals surface area contributed by atoms with Crippen LogP contribution in [0.5, 0.6) is 0 Å². The standard InChI is InChI=1S/C10H11N3O6/c1-6-2-3-7(4-8(6)13(17)18)11-10(16)12-19-5-9(14)15/h2-4H,5H2,1H3,(H,14,15)(H2,11,12,16). The van der Waals surface area contributed by atoms with Crippen LogP contribution in [-0.4, -0.2) is 28.6 Å². The Hall–Kier alpha value is -2.68. The number of hydrogen-bond donors (Lipinski definition) is 3. The van der Waals surface area contributed by atoms with Crippen LogP contribution < -0.4 is 10.8 Å². The Morgan fingerprint density at radius 1 is 1.47 bits per heavy atom. The van der Waals surface area contributed by atoms with Gasteiger partial charge >= 0.3 is 12.0 Å². The molecule has 0 radical (unpaired) electrons. The Kier molecular flexibility index (Phi) is 4.77. The second-order valence-electron chi connectivity index (χ2n) is 3.50. The van der Waals surface area contributed by atoms with Crippen LogP contribution in [0.3, 0.4) is 0 Å². The van der Waals surface area contributed by atoms with E-state index in [-0.39, 0.29) is 11.4 Å². The van der Waals surface area contributed by atoms with E-state index in [1.54, 1.807) is 6.92 Å². The number of rotatable bonds is 5. The molecule has 9 heteroatoms. The van der Waals surface area contributed by atoms with Crippen LogP contribution in [-0.2, 0) is 9.63 Å². The molecule has 1 aromatic rings. The van der Waals surface area contributed by atoms with Gasteiger partial charge in [-0.15, -0.1) is 0 Å². The molecule has 0 saturated heterocycles. The van der Waals surface area contributed by atoms with E-state index in [0.29, 0.717) is 5.56 Å². The lowest BCUT2D eigenvalue weighted by Gasteiger charge is -2.07. The Bertz CT molecular complexity index is 516. The van der Waals surface area contributed by atoms with E-state index in [2.05, 4.69) is 10.2 Å². The number of carbonyl (C=O) groups is 2. The van der Waals surface area contributed by atoms with Gasteiger partial charge in [-0.2, -0.15) is 0 Å². The normalized spacial score (nSPS) is 9.74. The van der Waals surface area contributed by atoms with Crippen molar-refractivity contribution in [2.75, 3.05) is 11.9 Å². The summed E-state index contributed by atoms with van der Waals surface area (Å²) in [6, 6.07) is 3.30. The zero-order valence-electron chi connectivity index (χ0n) is 9.87. The number of nitro benzene ring substituents is 1. The molecule has 0 aliphatic rings. The number of nitrogens with zero attached hydrogens (tertiary/aromatic N) is 1. The largest absolute Gasteiger partial charge is 0.479 e. The molecule has 0 spiro atoms. The zero-order chi connectivity index (χ0) is 14.4. The van der Waals surface area contributed by atoms with Crippen LogP contribution in [0.2, 0.25) is 0 Å². The van der Waals surface area contributed by atoms with Crippen LogP contribution in [0.1, 0.15) is 5.56 Å². The van der Waals surface area contributed by atoms with E-state index < -0.39 is 23.5 Å². The molecule has 9 nitrogen and oxygen atoms in total. The van der Waals surface area contributed by atoms with E-state index >= 15 is 0 Å². The van der Waals surface area contributed by atoms with Crippen molar-refractivity contribution >= 4 is 23.4 Å². The van der Waals surface area contributed by atoms with Gasteiger partial charge in [-0.1, -0.05) is 6.07 Å². The minimum atomic E-state index is -1.24. The molecular weight excluding hydrogens is 258 g/mol. The van der Waals surface area contributed by atoms with Crippen molar-refractivity contribution in [1.29, 1.82) is 0 Å². The van der Waals surface area contributed by atoms with Crippen LogP contribution in [0.25, 0.3) is 0 Å². The Morgan fingerprint density at radius 2 is 2.16 bits per heavy atom. The number of carbonyl (C=O) groups excluding carboxylic acids is 1. The highest BCUT2D eigenvalue weighted by Crippen LogP contribution is 2.22. The fourth-order valence-electron chi connectivity index (χ4n) is 1.20. The Balaban J connectivity index is 2.62. The van der Waals surface area contributed by atoms with Crippen molar-refractivity contribution in [3.05, 3.63) is 33.9 Å². The molecule has 3 N–H and O–H groups in total. The van der Waals surface area contributed by atoms with Crippen LogP contribution in [0, 0.1) is 17.0 Å². The molecule has 0 fully saturated rings. The third-order valence-electron chi connectivity index (χ3n) is 2.02. The first-order valence-electron chi connectivity index (χ1n) is 5.05. The number of aliphatic carboxylic acids is 1. The van der Waals surface area contributed by atoms with Crippen molar-refractivity contribution < 1.29 is 24.5 Å². The monoisotopic (exact) mass is 269 g/mol. The highest BCUT2D eigenvalue weighted by atomic mass is 16.7. The van der Waals surface area contributed by atoms with E-state index in [0.717, 1.165) is 0 Å². The molecule has 19 heavy (non-hydrogen) atoms. The summed E-state index contributed by atoms with van der Waals surface area (Å²) in [7, 11) is 0. The molecule has 1 aromatic carbocycles. The lowest BCUT2D eigenvalue weighted by Crippen LogP contribution is -2.30. The van der Waals surface area contributed by atoms with Crippen LogP contribution in [0.4, 0.5) is 16.2 Å². The van der Waals surface area contributed by atoms with Crippen molar-refractivity contribution in [2.45, 2.75) is 6.92 Å². The number of hydroxylamine groups is 1. The number of aryl methyl sites for hydroxylation is 1. The highest BCUT2D eigenvalue weighted by Gasteiger charge is 2.12. The summed E-state index contributed by atoms with van der Waals surface area (Å²) in [6.07, 6.45) is 0. The number of hydrogen-bond acceptors (Lipinski definition) is 5. The van der Waals surface area contributed by atoms with Crippen molar-refractivity contribution in [1.82, 2.24) is 5.48 Å². The molecule has 102 valence electrons. The molecule has 0 saturated carbocycles. The summed E-state index contributed by atoms with van der Waals surface area (Å²) in [5.41, 5.74) is 2.34. The number of benzene rings is 1. The van der Waals surface area contributed by atoms with E-state index in [4.69, 9.17) is 5.11 Å². The van der Waals surface area contributed by atoms with Crippen molar-refractivity contribution in [2.24, 2.45) is 0 Å². The van der Waals surface area contributed by atoms with Gasteiger partial charge < -0.3 is 10.4 Å². The molecule has 0 unspecified atom stereocenters. The number of carboxylic acids is 1. The molecule has 0 bridgehead atoms. The quantitative estimate of drug-likeness (QED) is 0.540. The van der Waals surface area contributed by atoms with Crippen molar-refractivity contribution in [3.8, 4) is 0 Å². The maximum atomic E-state index is 11.3. The van der Waals surface area contributed by atoms with E-state index in [1.165, 1.54) is 18.2 Å². The maximum absolute atomic E-state index is 11.3. The fraction of sp³-hybridized carbons (Fsp3) is 0.200. The van der Waals surface area contributed by atoms with Gasteiger partial charge in [0.25, 0.3) is 5.69 Å². The van der Waals surface area contributed by atoms with E-state index in [1.807, 2.05) is 5.48 Å². The van der Waals surface area contributed by atoms with Gasteiger partial charge in [0.1, 0.15) is 0 Å². The number of nitro groups is 1. The summed E-state index contributed by atoms with van der Waals surface area (Å²) in [6.45, 7) is 0.874. The van der Waals surface area contributed by atoms with Gasteiger partial charge in [-0.3, -0.25) is 15.0 Å². The molecule has 1 rings (SSSR count). The van der Waals surface area contributed by atoms with Gasteiger partial charge in [0, 0.05) is 17.3 Å². The molecule has 2 amide bonds. The first-order valence-corrected chi connectivity index (χ1v) is 5.05. The molecule has 0 aliphatic carbocycles. The van der Waals surface area contributed by atoms with Gasteiger partial charge in [0.05, 0.1) is 4.92 Å². The predicted octanol–water partition coefficient (Wildman–Crippen LogP) is 1.04. The number of nitrogens with one attached hydrogen (secondary N) is 2. The smallest absolute Gasteiger partial charge is 0.343 e. The second kappa shape index (κ2) is 6.31. The molecule has 0 atom stereocenters. The second-order valence-corrected chi connectivity index (χ2v) is 3.50. The lowest BCUT2D eigenvalue weighted by atomic mass is 10.2. The number of anilines is 1. The SMILES string of the molecule is Cc1ccc(NC(=O)NOCC(=O)O)cc1[N+](=O)[O-]. The van der Waals surface area contributed by atoms with Gasteiger partial charge in [0.15, 0.2) is 6.61 Å². The zero-order valence-corrected chi connectivity index (χ0v) is 9.87. The first-order chi connectivity index (χ1) is 8.90. The lowest BCUT2D eigenvalue weighted by molar-refractivity contribution is -0.385. The van der Waals surface area contributed by atoms with Crippen LogP contribution >= 0.6 is 0 Å². The molecule has 0 heterocycles. The summed E-state index contributed by atoms with van der Waals surface area (Å²) < 4.78 is 0. The van der Waals surface area contributed by atoms with Gasteiger partial charge in [-0.25, -0.2) is 15.1 Å². The van der Waals surface area contributed by atoms with Gasteiger partial charge in [0.2, 0.25) is 0 Å². The molecule has 0 aliphatic heterocycles. The summed E-state index contributed by atoms with van der Waals surface area (Å²) in [5, 5.41) is 21.2. The third-order valence-corrected chi connectivity index (χ3v) is 2.02. The summed E-state index contributed by atoms with van der Waals surface area (Å²) in [5.74, 6) is -1.24. The Morgan fingerprint density at radius 3 is 2.74 bits per heavy atom. The van der Waals surface area contributed by atoms with Crippen molar-refractivity contribution in [3.63, 3.8) is 0 Å². The van der Waals surface area contributed by atoms with E-state index in [9.17, 15) is 19.7 Å². The average molecular weight is 269 g/mol. The average Bonchev–Trinajstić information content (AvgIpc) is 2.30. The number of urea groups is 1. The molecular formula is C10H11N3O6. The maximum Gasteiger partial charge on any atom is 0.343 e. The topological polar surface area (TPSA) is 131 Å². The van der Waals surface area contributed by atoms with Gasteiger partial charge in [-0.05, 0) is 13.0 Å². The Labute approximate surface area is 107 Å². The molecule has 0 aromatic heterocycles. The van der Waals surface area contributed by atoms with Crippen LogP contribution in [0.15, 0.2) is 18.2 Å². The minimum absolute atomic E-state index is 0.135. The first kappa shape index (κ1) is 14.4. The summed E-state index contributed by atoms with van der Waals surface area (Å²) in [4.78, 5) is 35.8. The number of amides is 2. The predicted molar refractivity (Wildman–Crippen MR) is 63.6 cm³/mol. The fourth-order valence-corrected chi connectivity index (χ4v) is 1.20. The third kappa shape index (κ3) is 4.60. The minimum Gasteiger partial charge on any atom is -0.479 e. The highest BCUT2D eigenvalue weighted by molar-refractivity contribution is 5.89.